The highest BCUT2D eigenvalue weighted by atomic mass is 16.4. The summed E-state index contributed by atoms with van der Waals surface area (Å²) in [6, 6.07) is -0.0865. The number of carbonyl (C=O) groups excluding carboxylic acids is 1. The van der Waals surface area contributed by atoms with Crippen LogP contribution < -0.4 is 0 Å². The number of rotatable bonds is 13. The van der Waals surface area contributed by atoms with Crippen molar-refractivity contribution in [1.82, 2.24) is 4.90 Å². The molecule has 8 nitrogen and oxygen atoms in total. The summed E-state index contributed by atoms with van der Waals surface area (Å²) in [6.07, 6.45) is 9.76. The Labute approximate surface area is 212 Å². The number of allylic oxidation sites excluding steroid dienone is 6. The highest BCUT2D eigenvalue weighted by Crippen LogP contribution is 2.40. The minimum Gasteiger partial charge on any atom is -0.507 e. The van der Waals surface area contributed by atoms with Gasteiger partial charge in [0.2, 0.25) is 0 Å². The van der Waals surface area contributed by atoms with Crippen molar-refractivity contribution in [3.8, 4) is 11.5 Å². The molecule has 1 aliphatic rings. The van der Waals surface area contributed by atoms with Crippen LogP contribution in [-0.4, -0.2) is 49.2 Å². The highest BCUT2D eigenvalue weighted by Gasteiger charge is 2.39. The monoisotopic (exact) mass is 499 g/mol. The summed E-state index contributed by atoms with van der Waals surface area (Å²) in [5, 5.41) is 39.7. The van der Waals surface area contributed by atoms with Crippen LogP contribution in [0.4, 0.5) is 0 Å². The first kappa shape index (κ1) is 28.7. The van der Waals surface area contributed by atoms with E-state index < -0.39 is 30.3 Å². The lowest BCUT2D eigenvalue weighted by atomic mass is 9.99. The van der Waals surface area contributed by atoms with Crippen molar-refractivity contribution in [2.75, 3.05) is 0 Å². The first-order valence-corrected chi connectivity index (χ1v) is 12.2. The number of hydrogen-bond donors (Lipinski definition) is 4. The molecule has 0 aliphatic carbocycles. The number of hydrogen-bond acceptors (Lipinski definition) is 5. The second-order valence-electron chi connectivity index (χ2n) is 9.63. The van der Waals surface area contributed by atoms with Crippen LogP contribution in [0.15, 0.2) is 41.0 Å². The van der Waals surface area contributed by atoms with Crippen LogP contribution in [0.5, 0.6) is 11.5 Å². The fourth-order valence-corrected chi connectivity index (χ4v) is 4.23. The number of fused-ring (bicyclic) bond motifs is 1. The average Bonchev–Trinajstić information content (AvgIpc) is 3.09. The molecule has 1 aliphatic heterocycles. The molecule has 1 heterocycles. The van der Waals surface area contributed by atoms with Crippen LogP contribution in [0, 0.1) is 0 Å². The quantitative estimate of drug-likeness (QED) is 0.269. The Morgan fingerprint density at radius 2 is 1.58 bits per heavy atom. The summed E-state index contributed by atoms with van der Waals surface area (Å²) in [4.78, 5) is 36.4. The predicted octanol–water partition coefficient (Wildman–Crippen LogP) is 5.33. The zero-order valence-electron chi connectivity index (χ0n) is 21.5. The molecule has 2 rings (SSSR count). The molecule has 8 heteroatoms. The van der Waals surface area contributed by atoms with Gasteiger partial charge in [-0.1, -0.05) is 34.9 Å². The number of phenolic OH excluding ortho intramolecular Hbond substituents is 2. The van der Waals surface area contributed by atoms with Gasteiger partial charge in [-0.2, -0.15) is 0 Å². The molecule has 1 aromatic carbocycles. The first-order valence-electron chi connectivity index (χ1n) is 12.2. The van der Waals surface area contributed by atoms with E-state index in [9.17, 15) is 29.7 Å². The Morgan fingerprint density at radius 1 is 0.972 bits per heavy atom. The maximum absolute atomic E-state index is 12.8. The van der Waals surface area contributed by atoms with E-state index in [1.165, 1.54) is 17.2 Å². The van der Waals surface area contributed by atoms with Gasteiger partial charge in [-0.25, -0.2) is 4.79 Å². The van der Waals surface area contributed by atoms with Gasteiger partial charge in [0, 0.05) is 17.5 Å². The van der Waals surface area contributed by atoms with Gasteiger partial charge in [-0.05, 0) is 72.3 Å². The fourth-order valence-electron chi connectivity index (χ4n) is 4.23. The van der Waals surface area contributed by atoms with Gasteiger partial charge in [0.15, 0.2) is 0 Å². The molecule has 36 heavy (non-hydrogen) atoms. The zero-order chi connectivity index (χ0) is 27.0. The number of aliphatic carboxylic acids is 2. The molecule has 0 radical (unpaired) electrons. The number of benzene rings is 1. The van der Waals surface area contributed by atoms with Crippen molar-refractivity contribution in [2.45, 2.75) is 85.2 Å². The SMILES string of the molecule is CC(C)=CCCC(C)=CCCC(C)=CCc1c(O)cc2c(c1O)CN([C@H](CCC(=O)O)C(=O)O)C2=O. The van der Waals surface area contributed by atoms with Crippen molar-refractivity contribution < 1.29 is 34.8 Å². The van der Waals surface area contributed by atoms with E-state index in [1.807, 2.05) is 13.0 Å². The predicted molar refractivity (Wildman–Crippen MR) is 137 cm³/mol. The van der Waals surface area contributed by atoms with Gasteiger partial charge >= 0.3 is 11.9 Å². The molecule has 196 valence electrons. The number of carboxylic acids is 2. The number of amides is 1. The Morgan fingerprint density at radius 3 is 2.17 bits per heavy atom. The third kappa shape index (κ3) is 7.73. The molecular weight excluding hydrogens is 462 g/mol. The molecule has 0 spiro atoms. The third-order valence-corrected chi connectivity index (χ3v) is 6.38. The molecule has 0 bridgehead atoms. The van der Waals surface area contributed by atoms with E-state index in [-0.39, 0.29) is 47.6 Å². The van der Waals surface area contributed by atoms with E-state index in [1.54, 1.807) is 0 Å². The van der Waals surface area contributed by atoms with Crippen molar-refractivity contribution in [2.24, 2.45) is 0 Å². The number of carbonyl (C=O) groups is 3. The lowest BCUT2D eigenvalue weighted by Gasteiger charge is -2.23. The van der Waals surface area contributed by atoms with Crippen molar-refractivity contribution in [1.29, 1.82) is 0 Å². The first-order chi connectivity index (χ1) is 16.9. The highest BCUT2D eigenvalue weighted by molar-refractivity contribution is 6.02. The fraction of sp³-hybridized carbons (Fsp3) is 0.464. The van der Waals surface area contributed by atoms with Crippen molar-refractivity contribution in [3.05, 3.63) is 57.7 Å². The summed E-state index contributed by atoms with van der Waals surface area (Å²) >= 11 is 0. The Balaban J connectivity index is 2.10. The Bertz CT molecular complexity index is 1090. The van der Waals surface area contributed by atoms with Crippen LogP contribution in [-0.2, 0) is 22.6 Å². The molecule has 1 amide bonds. The zero-order valence-corrected chi connectivity index (χ0v) is 21.5. The molecule has 0 unspecified atom stereocenters. The van der Waals surface area contributed by atoms with Gasteiger partial charge in [-0.3, -0.25) is 9.59 Å². The van der Waals surface area contributed by atoms with Gasteiger partial charge in [0.05, 0.1) is 12.1 Å². The molecule has 0 saturated carbocycles. The standard InChI is InChI=1S/C28H37NO7/c1-17(2)7-5-8-18(3)9-6-10-19(4)11-12-20-24(30)15-21-22(26(20)33)16-29(27(21)34)23(28(35)36)13-14-25(31)32/h7,9,11,15,23,30,33H,5-6,8,10,12-14,16H2,1-4H3,(H,31,32)(H,35,36)/t23-/m1/s1. The average molecular weight is 500 g/mol. The molecule has 0 saturated heterocycles. The van der Waals surface area contributed by atoms with Crippen LogP contribution in [0.25, 0.3) is 0 Å². The minimum atomic E-state index is -1.34. The topological polar surface area (TPSA) is 135 Å². The van der Waals surface area contributed by atoms with Gasteiger partial charge in [0.25, 0.3) is 5.91 Å². The molecule has 4 N–H and O–H groups in total. The number of nitrogens with zero attached hydrogens (tertiary/aromatic N) is 1. The second-order valence-corrected chi connectivity index (χ2v) is 9.63. The molecule has 0 fully saturated rings. The minimum absolute atomic E-state index is 0.0322. The number of aromatic hydroxyl groups is 2. The van der Waals surface area contributed by atoms with E-state index in [0.29, 0.717) is 0 Å². The Hall–Kier alpha value is -3.55. The van der Waals surface area contributed by atoms with E-state index in [2.05, 4.69) is 32.9 Å². The van der Waals surface area contributed by atoms with Crippen LogP contribution in [0.1, 0.15) is 87.7 Å². The number of carboxylic acid groups (broad SMARTS) is 2. The van der Waals surface area contributed by atoms with Gasteiger partial charge in [0.1, 0.15) is 17.5 Å². The van der Waals surface area contributed by atoms with E-state index in [4.69, 9.17) is 5.11 Å². The molecular formula is C28H37NO7. The van der Waals surface area contributed by atoms with Crippen molar-refractivity contribution in [3.63, 3.8) is 0 Å². The van der Waals surface area contributed by atoms with E-state index >= 15 is 0 Å². The maximum atomic E-state index is 12.8. The normalized spacial score (nSPS) is 14.6. The van der Waals surface area contributed by atoms with Crippen LogP contribution in [0.2, 0.25) is 0 Å². The summed E-state index contributed by atoms with van der Waals surface area (Å²) in [5.74, 6) is -3.61. The van der Waals surface area contributed by atoms with Crippen LogP contribution >= 0.6 is 0 Å². The molecule has 0 aromatic heterocycles. The van der Waals surface area contributed by atoms with Crippen LogP contribution in [0.3, 0.4) is 0 Å². The second kappa shape index (κ2) is 13.0. The van der Waals surface area contributed by atoms with Gasteiger partial charge in [-0.15, -0.1) is 0 Å². The lowest BCUT2D eigenvalue weighted by molar-refractivity contribution is -0.143. The van der Waals surface area contributed by atoms with E-state index in [0.717, 1.165) is 36.2 Å². The lowest BCUT2D eigenvalue weighted by Crippen LogP contribution is -2.41. The largest absolute Gasteiger partial charge is 0.507 e. The smallest absolute Gasteiger partial charge is 0.326 e. The molecule has 1 aromatic rings. The maximum Gasteiger partial charge on any atom is 0.326 e. The number of phenols is 2. The summed E-state index contributed by atoms with van der Waals surface area (Å²) in [5.41, 5.74) is 4.30. The Kier molecular flexibility index (Phi) is 10.3. The van der Waals surface area contributed by atoms with Crippen molar-refractivity contribution >= 4 is 17.8 Å². The summed E-state index contributed by atoms with van der Waals surface area (Å²) in [7, 11) is 0. The molecule has 1 atom stereocenters. The third-order valence-electron chi connectivity index (χ3n) is 6.38. The summed E-state index contributed by atoms with van der Waals surface area (Å²) in [6.45, 7) is 8.13. The summed E-state index contributed by atoms with van der Waals surface area (Å²) < 4.78 is 0. The van der Waals surface area contributed by atoms with Gasteiger partial charge < -0.3 is 25.3 Å².